The van der Waals surface area contributed by atoms with E-state index in [1.54, 1.807) is 12.1 Å². The molecule has 0 aliphatic heterocycles. The lowest BCUT2D eigenvalue weighted by molar-refractivity contribution is -0.114. The van der Waals surface area contributed by atoms with Crippen LogP contribution in [0.1, 0.15) is 18.9 Å². The van der Waals surface area contributed by atoms with Gasteiger partial charge >= 0.3 is 0 Å². The Hall–Kier alpha value is -2.82. The summed E-state index contributed by atoms with van der Waals surface area (Å²) in [6, 6.07) is 26.8. The Morgan fingerprint density at radius 3 is 1.97 bits per heavy atom. The van der Waals surface area contributed by atoms with E-state index in [-0.39, 0.29) is 23.6 Å². The van der Waals surface area contributed by atoms with E-state index in [4.69, 9.17) is 4.43 Å². The van der Waals surface area contributed by atoms with Gasteiger partial charge < -0.3 is 4.43 Å². The van der Waals surface area contributed by atoms with Gasteiger partial charge in [-0.3, -0.25) is 4.79 Å². The number of carbonyl (C=O) groups is 1. The molecule has 3 aromatic rings. The summed E-state index contributed by atoms with van der Waals surface area (Å²) in [5.41, 5.74) is 1.49. The predicted molar refractivity (Wildman–Crippen MR) is 122 cm³/mol. The summed E-state index contributed by atoms with van der Waals surface area (Å²) in [4.78, 5) is 12.8. The van der Waals surface area contributed by atoms with Crippen LogP contribution in [0.4, 0.5) is 4.39 Å². The van der Waals surface area contributed by atoms with Gasteiger partial charge in [0.2, 0.25) is 0 Å². The van der Waals surface area contributed by atoms with Gasteiger partial charge in [-0.1, -0.05) is 79.7 Å². The number of hydrogen-bond donors (Lipinski definition) is 0. The number of halogens is 1. The number of ketones is 1. The highest BCUT2D eigenvalue weighted by Gasteiger charge is 2.43. The molecule has 4 rings (SSSR count). The first-order chi connectivity index (χ1) is 14.5. The Balaban J connectivity index is 1.76. The Bertz CT molecular complexity index is 1010. The van der Waals surface area contributed by atoms with Crippen molar-refractivity contribution < 1.29 is 13.6 Å². The highest BCUT2D eigenvalue weighted by Crippen LogP contribution is 2.33. The van der Waals surface area contributed by atoms with Gasteiger partial charge in [0.05, 0.1) is 6.10 Å². The van der Waals surface area contributed by atoms with Crippen molar-refractivity contribution in [2.24, 2.45) is 5.92 Å². The summed E-state index contributed by atoms with van der Waals surface area (Å²) in [5, 5.41) is 2.34. The van der Waals surface area contributed by atoms with E-state index < -0.39 is 8.32 Å². The molecule has 0 aromatic heterocycles. The van der Waals surface area contributed by atoms with Crippen LogP contribution in [0.5, 0.6) is 0 Å². The Labute approximate surface area is 178 Å². The van der Waals surface area contributed by atoms with Crippen LogP contribution in [0.2, 0.25) is 6.55 Å². The van der Waals surface area contributed by atoms with E-state index >= 15 is 0 Å². The first-order valence-corrected chi connectivity index (χ1v) is 12.7. The van der Waals surface area contributed by atoms with Crippen LogP contribution in [0.25, 0.3) is 6.08 Å². The van der Waals surface area contributed by atoms with Gasteiger partial charge in [0.15, 0.2) is 5.78 Å². The Morgan fingerprint density at radius 1 is 0.900 bits per heavy atom. The minimum atomic E-state index is -2.56. The SMILES string of the molecule is CC1CC(=O)/C(=C\c2ccc(F)cc2)C1O[Si](C)(c1ccccc1)c1ccccc1. The third-order valence-corrected chi connectivity index (χ3v) is 9.45. The quantitative estimate of drug-likeness (QED) is 0.449. The second-order valence-electron chi connectivity index (χ2n) is 8.06. The number of carbonyl (C=O) groups excluding carboxylic acids is 1. The molecule has 1 saturated carbocycles. The van der Waals surface area contributed by atoms with Gasteiger partial charge in [0.1, 0.15) is 5.82 Å². The van der Waals surface area contributed by atoms with Crippen LogP contribution in [0.15, 0.2) is 90.5 Å². The van der Waals surface area contributed by atoms with Crippen LogP contribution < -0.4 is 10.4 Å². The smallest absolute Gasteiger partial charge is 0.253 e. The summed E-state index contributed by atoms with van der Waals surface area (Å²) in [6.45, 7) is 4.27. The van der Waals surface area contributed by atoms with Gasteiger partial charge in [-0.15, -0.1) is 0 Å². The maximum absolute atomic E-state index is 13.3. The zero-order valence-corrected chi connectivity index (χ0v) is 18.2. The first kappa shape index (κ1) is 20.4. The zero-order valence-electron chi connectivity index (χ0n) is 17.2. The molecule has 1 fully saturated rings. The van der Waals surface area contributed by atoms with Gasteiger partial charge in [0, 0.05) is 12.0 Å². The van der Waals surface area contributed by atoms with Gasteiger partial charge in [-0.05, 0) is 46.6 Å². The fourth-order valence-electron chi connectivity index (χ4n) is 4.13. The lowest BCUT2D eigenvalue weighted by Crippen LogP contribution is -2.60. The Morgan fingerprint density at radius 2 is 1.43 bits per heavy atom. The minimum Gasteiger partial charge on any atom is -0.401 e. The number of hydrogen-bond acceptors (Lipinski definition) is 2. The summed E-state index contributed by atoms with van der Waals surface area (Å²) in [5.74, 6) is -0.0954. The molecule has 2 nitrogen and oxygen atoms in total. The second kappa shape index (κ2) is 8.50. The van der Waals surface area contributed by atoms with Gasteiger partial charge in [0.25, 0.3) is 8.32 Å². The van der Waals surface area contributed by atoms with Crippen molar-refractivity contribution in [2.45, 2.75) is 26.0 Å². The molecular formula is C26H25FO2Si. The second-order valence-corrected chi connectivity index (χ2v) is 11.5. The van der Waals surface area contributed by atoms with Gasteiger partial charge in [-0.25, -0.2) is 4.39 Å². The fourth-order valence-corrected chi connectivity index (χ4v) is 7.26. The average molecular weight is 417 g/mol. The standard InChI is InChI=1S/C26H25FO2Si/c1-19-17-25(28)24(18-20-13-15-21(27)16-14-20)26(19)29-30(2,22-9-5-3-6-10-22)23-11-7-4-8-12-23/h3-16,18-19,26H,17H2,1-2H3/b24-18+. The van der Waals surface area contributed by atoms with Crippen molar-refractivity contribution in [3.8, 4) is 0 Å². The van der Waals surface area contributed by atoms with E-state index in [1.807, 2.05) is 42.5 Å². The van der Waals surface area contributed by atoms with E-state index in [2.05, 4.69) is 37.7 Å². The normalized spacial score (nSPS) is 20.6. The molecule has 30 heavy (non-hydrogen) atoms. The number of rotatable bonds is 5. The summed E-state index contributed by atoms with van der Waals surface area (Å²) < 4.78 is 20.2. The van der Waals surface area contributed by atoms with E-state index in [0.29, 0.717) is 12.0 Å². The van der Waals surface area contributed by atoms with Crippen molar-refractivity contribution >= 4 is 30.6 Å². The van der Waals surface area contributed by atoms with Crippen LogP contribution in [0.3, 0.4) is 0 Å². The highest BCUT2D eigenvalue weighted by atomic mass is 28.4. The molecule has 0 heterocycles. The average Bonchev–Trinajstić information content (AvgIpc) is 3.03. The third kappa shape index (κ3) is 4.06. The van der Waals surface area contributed by atoms with Crippen molar-refractivity contribution in [3.05, 3.63) is 102 Å². The zero-order chi connectivity index (χ0) is 21.1. The van der Waals surface area contributed by atoms with Crippen LogP contribution in [0, 0.1) is 11.7 Å². The van der Waals surface area contributed by atoms with E-state index in [0.717, 1.165) is 5.56 Å². The molecule has 0 N–H and O–H groups in total. The van der Waals surface area contributed by atoms with Crippen molar-refractivity contribution in [3.63, 3.8) is 0 Å². The lowest BCUT2D eigenvalue weighted by Gasteiger charge is -2.33. The number of Topliss-reactive ketones (excluding diaryl/α,β-unsaturated/α-hetero) is 1. The van der Waals surface area contributed by atoms with Gasteiger partial charge in [-0.2, -0.15) is 0 Å². The molecule has 4 heteroatoms. The van der Waals surface area contributed by atoms with Crippen LogP contribution in [-0.4, -0.2) is 20.2 Å². The molecule has 0 spiro atoms. The maximum atomic E-state index is 13.3. The predicted octanol–water partition coefficient (Wildman–Crippen LogP) is 4.59. The molecule has 152 valence electrons. The third-order valence-electron chi connectivity index (χ3n) is 5.86. The van der Waals surface area contributed by atoms with Crippen molar-refractivity contribution in [1.29, 1.82) is 0 Å². The Kier molecular flexibility index (Phi) is 5.80. The molecule has 0 bridgehead atoms. The summed E-state index contributed by atoms with van der Waals surface area (Å²) >= 11 is 0. The molecule has 2 atom stereocenters. The molecular weight excluding hydrogens is 391 g/mol. The molecule has 3 aromatic carbocycles. The molecule has 0 radical (unpaired) electrons. The maximum Gasteiger partial charge on any atom is 0.253 e. The largest absolute Gasteiger partial charge is 0.401 e. The highest BCUT2D eigenvalue weighted by molar-refractivity contribution is 6.96. The minimum absolute atomic E-state index is 0.0865. The lowest BCUT2D eigenvalue weighted by atomic mass is 10.0. The topological polar surface area (TPSA) is 26.3 Å². The molecule has 0 saturated heterocycles. The van der Waals surface area contributed by atoms with E-state index in [1.165, 1.54) is 22.5 Å². The fraction of sp³-hybridized carbons (Fsp3) is 0.192. The van der Waals surface area contributed by atoms with Crippen LogP contribution in [-0.2, 0) is 9.22 Å². The number of benzene rings is 3. The molecule has 1 aliphatic carbocycles. The van der Waals surface area contributed by atoms with Crippen molar-refractivity contribution in [1.82, 2.24) is 0 Å². The molecule has 0 amide bonds. The van der Waals surface area contributed by atoms with E-state index in [9.17, 15) is 9.18 Å². The monoisotopic (exact) mass is 416 g/mol. The summed E-state index contributed by atoms with van der Waals surface area (Å²) in [7, 11) is -2.56. The van der Waals surface area contributed by atoms with Crippen LogP contribution >= 0.6 is 0 Å². The summed E-state index contributed by atoms with van der Waals surface area (Å²) in [6.07, 6.45) is 2.03. The molecule has 2 unspecified atom stereocenters. The molecule has 1 aliphatic rings. The first-order valence-electron chi connectivity index (χ1n) is 10.3. The van der Waals surface area contributed by atoms with Crippen molar-refractivity contribution in [2.75, 3.05) is 0 Å².